The highest BCUT2D eigenvalue weighted by atomic mass is 19.1. The highest BCUT2D eigenvalue weighted by Gasteiger charge is 2.30. The van der Waals surface area contributed by atoms with Crippen LogP contribution in [0.2, 0.25) is 0 Å². The minimum atomic E-state index is -0.704. The number of hydrogen-bond donors (Lipinski definition) is 1. The molecule has 0 radical (unpaired) electrons. The molecule has 0 saturated heterocycles. The molecule has 3 aromatic carbocycles. The van der Waals surface area contributed by atoms with E-state index in [2.05, 4.69) is 5.32 Å². The van der Waals surface area contributed by atoms with Crippen molar-refractivity contribution in [2.75, 3.05) is 19.8 Å². The summed E-state index contributed by atoms with van der Waals surface area (Å²) >= 11 is 0. The van der Waals surface area contributed by atoms with Crippen LogP contribution in [-0.4, -0.2) is 42.5 Å². The van der Waals surface area contributed by atoms with Crippen LogP contribution in [0.3, 0.4) is 0 Å². The normalized spacial score (nSPS) is 13.1. The number of ether oxygens (including phenoxy) is 2. The number of likely N-dealkylation sites (N-methyl/N-ethyl adjacent to an activating group) is 1. The fourth-order valence-electron chi connectivity index (χ4n) is 4.27. The topological polar surface area (TPSA) is 67.9 Å². The first kappa shape index (κ1) is 25.2. The summed E-state index contributed by atoms with van der Waals surface area (Å²) in [5.41, 5.74) is 2.66. The third-order valence-electron chi connectivity index (χ3n) is 6.12. The molecule has 188 valence electrons. The van der Waals surface area contributed by atoms with E-state index in [1.165, 1.54) is 12.1 Å². The van der Waals surface area contributed by atoms with Crippen LogP contribution in [0.25, 0.3) is 0 Å². The Bertz CT molecular complexity index is 1170. The predicted octanol–water partition coefficient (Wildman–Crippen LogP) is 4.31. The van der Waals surface area contributed by atoms with Gasteiger partial charge in [0.2, 0.25) is 11.8 Å². The second-order valence-electron chi connectivity index (χ2n) is 8.73. The molecule has 0 saturated carbocycles. The van der Waals surface area contributed by atoms with Crippen molar-refractivity contribution in [1.82, 2.24) is 10.2 Å². The number of nitrogens with zero attached hydrogens (tertiary/aromatic N) is 1. The maximum absolute atomic E-state index is 13.6. The first-order valence-electron chi connectivity index (χ1n) is 12.3. The van der Waals surface area contributed by atoms with Crippen molar-refractivity contribution < 1.29 is 23.5 Å². The van der Waals surface area contributed by atoms with Crippen molar-refractivity contribution in [1.29, 1.82) is 0 Å². The summed E-state index contributed by atoms with van der Waals surface area (Å²) < 4.78 is 24.8. The zero-order valence-electron chi connectivity index (χ0n) is 20.4. The minimum Gasteiger partial charge on any atom is -0.486 e. The largest absolute Gasteiger partial charge is 0.486 e. The monoisotopic (exact) mass is 490 g/mol. The highest BCUT2D eigenvalue weighted by Crippen LogP contribution is 2.31. The molecule has 7 heteroatoms. The van der Waals surface area contributed by atoms with Gasteiger partial charge in [0.1, 0.15) is 25.1 Å². The fourth-order valence-corrected chi connectivity index (χ4v) is 4.27. The Morgan fingerprint density at radius 3 is 2.33 bits per heavy atom. The maximum Gasteiger partial charge on any atom is 0.243 e. The lowest BCUT2D eigenvalue weighted by Crippen LogP contribution is -2.50. The van der Waals surface area contributed by atoms with E-state index < -0.39 is 6.04 Å². The van der Waals surface area contributed by atoms with Crippen molar-refractivity contribution in [3.63, 3.8) is 0 Å². The number of fused-ring (bicyclic) bond motifs is 1. The van der Waals surface area contributed by atoms with Gasteiger partial charge in [-0.05, 0) is 54.3 Å². The Hall–Kier alpha value is -3.87. The average Bonchev–Trinajstić information content (AvgIpc) is 2.91. The maximum atomic E-state index is 13.6. The Morgan fingerprint density at radius 1 is 0.917 bits per heavy atom. The van der Waals surface area contributed by atoms with Gasteiger partial charge in [-0.3, -0.25) is 9.59 Å². The van der Waals surface area contributed by atoms with Crippen LogP contribution in [0.5, 0.6) is 11.5 Å². The van der Waals surface area contributed by atoms with Crippen molar-refractivity contribution in [3.05, 3.63) is 95.3 Å². The van der Waals surface area contributed by atoms with Gasteiger partial charge in [-0.1, -0.05) is 48.5 Å². The molecule has 0 aromatic heterocycles. The Morgan fingerprint density at radius 2 is 1.61 bits per heavy atom. The molecule has 6 nitrogen and oxygen atoms in total. The molecule has 0 aliphatic carbocycles. The number of halogens is 1. The van der Waals surface area contributed by atoms with Crippen molar-refractivity contribution in [2.24, 2.45) is 0 Å². The summed E-state index contributed by atoms with van der Waals surface area (Å²) in [4.78, 5) is 28.4. The number of amides is 2. The van der Waals surface area contributed by atoms with Crippen molar-refractivity contribution in [3.8, 4) is 11.5 Å². The summed E-state index contributed by atoms with van der Waals surface area (Å²) in [7, 11) is 0. The van der Waals surface area contributed by atoms with Gasteiger partial charge in [-0.25, -0.2) is 4.39 Å². The van der Waals surface area contributed by atoms with Gasteiger partial charge in [-0.2, -0.15) is 0 Å². The van der Waals surface area contributed by atoms with Crippen LogP contribution in [0.4, 0.5) is 4.39 Å². The third kappa shape index (κ3) is 6.62. The Labute approximate surface area is 211 Å². The molecule has 1 atom stereocenters. The number of aryl methyl sites for hydroxylation is 1. The van der Waals surface area contributed by atoms with Gasteiger partial charge in [0.05, 0.1) is 0 Å². The van der Waals surface area contributed by atoms with Gasteiger partial charge >= 0.3 is 0 Å². The molecule has 1 heterocycles. The third-order valence-corrected chi connectivity index (χ3v) is 6.12. The fraction of sp³-hybridized carbons (Fsp3) is 0.310. The van der Waals surface area contributed by atoms with E-state index in [0.29, 0.717) is 44.1 Å². The van der Waals surface area contributed by atoms with E-state index in [-0.39, 0.29) is 30.6 Å². The summed E-state index contributed by atoms with van der Waals surface area (Å²) in [6.07, 6.45) is 1.08. The highest BCUT2D eigenvalue weighted by molar-refractivity contribution is 5.88. The summed E-state index contributed by atoms with van der Waals surface area (Å²) in [6, 6.07) is 20.6. The molecular formula is C29H31FN2O4. The average molecular weight is 491 g/mol. The Balaban J connectivity index is 1.57. The lowest BCUT2D eigenvalue weighted by molar-refractivity contribution is -0.141. The summed E-state index contributed by atoms with van der Waals surface area (Å²) in [5.74, 6) is 0.671. The predicted molar refractivity (Wildman–Crippen MR) is 135 cm³/mol. The van der Waals surface area contributed by atoms with Gasteiger partial charge < -0.3 is 19.7 Å². The number of hydrogen-bond acceptors (Lipinski definition) is 4. The molecule has 36 heavy (non-hydrogen) atoms. The van der Waals surface area contributed by atoms with Crippen LogP contribution in [-0.2, 0) is 29.0 Å². The van der Waals surface area contributed by atoms with Crippen LogP contribution in [0.1, 0.15) is 30.0 Å². The molecule has 0 bridgehead atoms. The number of carbonyl (C=O) groups excluding carboxylic acids is 2. The molecule has 1 aliphatic rings. The molecule has 4 rings (SSSR count). The molecule has 1 aliphatic heterocycles. The van der Waals surface area contributed by atoms with Crippen LogP contribution >= 0.6 is 0 Å². The molecule has 1 unspecified atom stereocenters. The first-order chi connectivity index (χ1) is 17.5. The van der Waals surface area contributed by atoms with Gasteiger partial charge in [0.25, 0.3) is 0 Å². The van der Waals surface area contributed by atoms with E-state index >= 15 is 0 Å². The standard InChI is InChI=1S/C29H31FN2O4/c1-2-31-29(34)25(18-21-6-4-3-5-7-21)32(20-23-8-12-24(30)13-9-23)28(33)15-11-22-10-14-26-27(19-22)36-17-16-35-26/h3-10,12-14,19,25H,2,11,15-18,20H2,1H3,(H,31,34). The molecule has 2 amide bonds. The summed E-state index contributed by atoms with van der Waals surface area (Å²) in [5, 5.41) is 2.88. The molecule has 0 fully saturated rings. The van der Waals surface area contributed by atoms with Gasteiger partial charge in [0.15, 0.2) is 11.5 Å². The number of rotatable bonds is 10. The van der Waals surface area contributed by atoms with Crippen LogP contribution in [0.15, 0.2) is 72.8 Å². The van der Waals surface area contributed by atoms with Gasteiger partial charge in [0, 0.05) is 25.9 Å². The lowest BCUT2D eigenvalue weighted by atomic mass is 10.0. The zero-order valence-corrected chi connectivity index (χ0v) is 20.4. The number of benzene rings is 3. The van der Waals surface area contributed by atoms with E-state index in [0.717, 1.165) is 16.7 Å². The molecular weight excluding hydrogens is 459 g/mol. The van der Waals surface area contributed by atoms with Gasteiger partial charge in [-0.15, -0.1) is 0 Å². The quantitative estimate of drug-likeness (QED) is 0.460. The first-order valence-corrected chi connectivity index (χ1v) is 12.3. The zero-order chi connectivity index (χ0) is 25.3. The Kier molecular flexibility index (Phi) is 8.55. The summed E-state index contributed by atoms with van der Waals surface area (Å²) in [6.45, 7) is 3.53. The van der Waals surface area contributed by atoms with E-state index in [9.17, 15) is 14.0 Å². The molecule has 1 N–H and O–H groups in total. The van der Waals surface area contributed by atoms with E-state index in [1.54, 1.807) is 17.0 Å². The second kappa shape index (κ2) is 12.2. The second-order valence-corrected chi connectivity index (χ2v) is 8.73. The SMILES string of the molecule is CCNC(=O)C(Cc1ccccc1)N(Cc1ccc(F)cc1)C(=O)CCc1ccc2c(c1)OCCO2. The van der Waals surface area contributed by atoms with Crippen molar-refractivity contribution >= 4 is 11.8 Å². The number of nitrogens with one attached hydrogen (secondary N) is 1. The minimum absolute atomic E-state index is 0.151. The molecule has 0 spiro atoms. The van der Waals surface area contributed by atoms with Crippen LogP contribution in [0, 0.1) is 5.82 Å². The smallest absolute Gasteiger partial charge is 0.243 e. The van der Waals surface area contributed by atoms with E-state index in [1.807, 2.05) is 55.5 Å². The number of carbonyl (C=O) groups is 2. The van der Waals surface area contributed by atoms with Crippen molar-refractivity contribution in [2.45, 2.75) is 38.8 Å². The lowest BCUT2D eigenvalue weighted by Gasteiger charge is -2.31. The van der Waals surface area contributed by atoms with E-state index in [4.69, 9.17) is 9.47 Å². The molecule has 3 aromatic rings. The van der Waals surface area contributed by atoms with Crippen LogP contribution < -0.4 is 14.8 Å².